The molecule has 0 atom stereocenters. The van der Waals surface area contributed by atoms with Gasteiger partial charge in [-0.3, -0.25) is 0 Å². The Bertz CT molecular complexity index is 289. The summed E-state index contributed by atoms with van der Waals surface area (Å²) in [6.45, 7) is 11.3. The van der Waals surface area contributed by atoms with Crippen LogP contribution in [0.1, 0.15) is 44.4 Å². The Morgan fingerprint density at radius 2 is 1.77 bits per heavy atom. The lowest BCUT2D eigenvalue weighted by Crippen LogP contribution is -2.13. The van der Waals surface area contributed by atoms with Crippen molar-refractivity contribution >= 4 is 0 Å². The van der Waals surface area contributed by atoms with Gasteiger partial charge in [0.1, 0.15) is 0 Å². The maximum Gasteiger partial charge on any atom is -0.0129 e. The highest BCUT2D eigenvalue weighted by atomic mass is 14.2. The van der Waals surface area contributed by atoms with Crippen molar-refractivity contribution in [3.63, 3.8) is 0 Å². The molecule has 1 aromatic rings. The molecule has 0 aliphatic heterocycles. The summed E-state index contributed by atoms with van der Waals surface area (Å²) in [4.78, 5) is 0. The van der Waals surface area contributed by atoms with Crippen LogP contribution >= 0.6 is 0 Å². The van der Waals surface area contributed by atoms with Crippen molar-refractivity contribution < 1.29 is 0 Å². The largest absolute Gasteiger partial charge is 0.0617 e. The molecule has 0 aliphatic rings. The first kappa shape index (κ1) is 10.3. The van der Waals surface area contributed by atoms with Gasteiger partial charge in [0.25, 0.3) is 0 Å². The second kappa shape index (κ2) is 3.53. The molecule has 0 aliphatic carbocycles. The van der Waals surface area contributed by atoms with Crippen LogP contribution in [-0.2, 0) is 11.8 Å². The van der Waals surface area contributed by atoms with Gasteiger partial charge in [0.2, 0.25) is 0 Å². The van der Waals surface area contributed by atoms with E-state index in [1.165, 1.54) is 16.7 Å². The summed E-state index contributed by atoms with van der Waals surface area (Å²) >= 11 is 0. The number of hydrogen-bond donors (Lipinski definition) is 0. The predicted molar refractivity (Wildman–Crippen MR) is 59.3 cm³/mol. The van der Waals surface area contributed by atoms with E-state index < -0.39 is 0 Å². The standard InChI is InChI=1S/C13H20/c1-6-11-8-7-9-12(10(11)2)13(3,4)5/h7-9H,6H2,1-5H3. The first-order valence-electron chi connectivity index (χ1n) is 5.05. The lowest BCUT2D eigenvalue weighted by molar-refractivity contribution is 0.585. The fourth-order valence-corrected chi connectivity index (χ4v) is 1.88. The van der Waals surface area contributed by atoms with Crippen LogP contribution in [0.3, 0.4) is 0 Å². The lowest BCUT2D eigenvalue weighted by atomic mass is 9.82. The third-order valence-corrected chi connectivity index (χ3v) is 2.63. The Kier molecular flexibility index (Phi) is 2.80. The smallest absolute Gasteiger partial charge is 0.0129 e. The lowest BCUT2D eigenvalue weighted by Gasteiger charge is -2.23. The second-order valence-electron chi connectivity index (χ2n) is 4.69. The van der Waals surface area contributed by atoms with Gasteiger partial charge >= 0.3 is 0 Å². The minimum Gasteiger partial charge on any atom is -0.0617 e. The van der Waals surface area contributed by atoms with Gasteiger partial charge in [-0.2, -0.15) is 0 Å². The molecule has 1 aromatic carbocycles. The van der Waals surface area contributed by atoms with E-state index in [4.69, 9.17) is 0 Å². The Labute approximate surface area is 82.0 Å². The average molecular weight is 176 g/mol. The molecule has 0 spiro atoms. The zero-order valence-electron chi connectivity index (χ0n) is 9.44. The van der Waals surface area contributed by atoms with Gasteiger partial charge in [0.15, 0.2) is 0 Å². The average Bonchev–Trinajstić information content (AvgIpc) is 2.02. The van der Waals surface area contributed by atoms with Crippen LogP contribution in [0.2, 0.25) is 0 Å². The molecule has 0 radical (unpaired) electrons. The summed E-state index contributed by atoms with van der Waals surface area (Å²) in [5, 5.41) is 0. The molecular formula is C13H20. The van der Waals surface area contributed by atoms with Crippen molar-refractivity contribution in [2.45, 2.75) is 46.5 Å². The van der Waals surface area contributed by atoms with E-state index in [0.29, 0.717) is 0 Å². The van der Waals surface area contributed by atoms with Crippen LogP contribution in [0.25, 0.3) is 0 Å². The predicted octanol–water partition coefficient (Wildman–Crippen LogP) is 3.85. The number of benzene rings is 1. The highest BCUT2D eigenvalue weighted by Gasteiger charge is 2.16. The fourth-order valence-electron chi connectivity index (χ4n) is 1.88. The summed E-state index contributed by atoms with van der Waals surface area (Å²) < 4.78 is 0. The molecule has 0 amide bonds. The highest BCUT2D eigenvalue weighted by Crippen LogP contribution is 2.27. The molecule has 13 heavy (non-hydrogen) atoms. The molecule has 0 heterocycles. The van der Waals surface area contributed by atoms with E-state index in [2.05, 4.69) is 52.8 Å². The van der Waals surface area contributed by atoms with E-state index in [1.807, 2.05) is 0 Å². The van der Waals surface area contributed by atoms with Crippen LogP contribution in [-0.4, -0.2) is 0 Å². The van der Waals surface area contributed by atoms with Gasteiger partial charge in [-0.05, 0) is 35.4 Å². The van der Waals surface area contributed by atoms with E-state index in [9.17, 15) is 0 Å². The molecule has 0 N–H and O–H groups in total. The monoisotopic (exact) mass is 176 g/mol. The van der Waals surface area contributed by atoms with Gasteiger partial charge in [-0.15, -0.1) is 0 Å². The SMILES string of the molecule is CCc1cccc(C(C)(C)C)c1C. The van der Waals surface area contributed by atoms with Crippen LogP contribution in [0.4, 0.5) is 0 Å². The maximum absolute atomic E-state index is 2.27. The molecule has 0 bridgehead atoms. The molecule has 0 saturated carbocycles. The van der Waals surface area contributed by atoms with Gasteiger partial charge in [-0.1, -0.05) is 45.9 Å². The molecule has 72 valence electrons. The normalized spacial score (nSPS) is 11.8. The minimum absolute atomic E-state index is 0.273. The van der Waals surface area contributed by atoms with Gasteiger partial charge in [-0.25, -0.2) is 0 Å². The van der Waals surface area contributed by atoms with Crippen LogP contribution in [0.5, 0.6) is 0 Å². The van der Waals surface area contributed by atoms with Gasteiger partial charge in [0.05, 0.1) is 0 Å². The van der Waals surface area contributed by atoms with Crippen molar-refractivity contribution in [3.05, 3.63) is 34.9 Å². The van der Waals surface area contributed by atoms with E-state index in [0.717, 1.165) is 6.42 Å². The maximum atomic E-state index is 2.27. The zero-order chi connectivity index (χ0) is 10.1. The summed E-state index contributed by atoms with van der Waals surface area (Å²) in [6.07, 6.45) is 1.13. The molecule has 0 saturated heterocycles. The first-order valence-corrected chi connectivity index (χ1v) is 5.05. The topological polar surface area (TPSA) is 0 Å². The van der Waals surface area contributed by atoms with Crippen molar-refractivity contribution in [1.82, 2.24) is 0 Å². The Balaban J connectivity index is 3.24. The van der Waals surface area contributed by atoms with E-state index in [-0.39, 0.29) is 5.41 Å². The summed E-state index contributed by atoms with van der Waals surface area (Å²) in [7, 11) is 0. The van der Waals surface area contributed by atoms with E-state index >= 15 is 0 Å². The summed E-state index contributed by atoms with van der Waals surface area (Å²) in [5.41, 5.74) is 4.70. The number of rotatable bonds is 1. The van der Waals surface area contributed by atoms with Crippen molar-refractivity contribution in [3.8, 4) is 0 Å². The Hall–Kier alpha value is -0.780. The van der Waals surface area contributed by atoms with Crippen LogP contribution < -0.4 is 0 Å². The second-order valence-corrected chi connectivity index (χ2v) is 4.69. The first-order chi connectivity index (χ1) is 5.96. The quantitative estimate of drug-likeness (QED) is 0.609. The van der Waals surface area contributed by atoms with Crippen molar-refractivity contribution in [1.29, 1.82) is 0 Å². The fraction of sp³-hybridized carbons (Fsp3) is 0.538. The molecule has 0 heteroatoms. The highest BCUT2D eigenvalue weighted by molar-refractivity contribution is 5.38. The Morgan fingerprint density at radius 1 is 1.15 bits per heavy atom. The summed E-state index contributed by atoms with van der Waals surface area (Å²) in [5.74, 6) is 0. The number of hydrogen-bond acceptors (Lipinski definition) is 0. The molecule has 0 aromatic heterocycles. The molecular weight excluding hydrogens is 156 g/mol. The Morgan fingerprint density at radius 3 is 2.23 bits per heavy atom. The molecule has 0 fully saturated rings. The third kappa shape index (κ3) is 2.12. The number of aryl methyl sites for hydroxylation is 1. The van der Waals surface area contributed by atoms with Crippen LogP contribution in [0, 0.1) is 6.92 Å². The molecule has 0 nitrogen and oxygen atoms in total. The van der Waals surface area contributed by atoms with Gasteiger partial charge in [0, 0.05) is 0 Å². The van der Waals surface area contributed by atoms with Gasteiger partial charge < -0.3 is 0 Å². The minimum atomic E-state index is 0.273. The summed E-state index contributed by atoms with van der Waals surface area (Å²) in [6, 6.07) is 6.64. The third-order valence-electron chi connectivity index (χ3n) is 2.63. The zero-order valence-corrected chi connectivity index (χ0v) is 9.44. The van der Waals surface area contributed by atoms with Crippen LogP contribution in [0.15, 0.2) is 18.2 Å². The molecule has 0 unspecified atom stereocenters. The molecule has 1 rings (SSSR count). The van der Waals surface area contributed by atoms with Crippen molar-refractivity contribution in [2.24, 2.45) is 0 Å². The van der Waals surface area contributed by atoms with Crippen molar-refractivity contribution in [2.75, 3.05) is 0 Å². The van der Waals surface area contributed by atoms with E-state index in [1.54, 1.807) is 0 Å².